The van der Waals surface area contributed by atoms with E-state index in [-0.39, 0.29) is 9.99 Å². The van der Waals surface area contributed by atoms with Gasteiger partial charge in [0.2, 0.25) is 0 Å². The molecule has 1 aliphatic carbocycles. The molecule has 0 unspecified atom stereocenters. The largest absolute Gasteiger partial charge is 0.299 e. The van der Waals surface area contributed by atoms with Crippen LogP contribution < -0.4 is 4.72 Å². The van der Waals surface area contributed by atoms with Crippen molar-refractivity contribution in [3.8, 4) is 0 Å². The zero-order valence-corrected chi connectivity index (χ0v) is 10.2. The summed E-state index contributed by atoms with van der Waals surface area (Å²) in [5.74, 6) is 0.172. The molecule has 0 saturated heterocycles. The van der Waals surface area contributed by atoms with E-state index in [4.69, 9.17) is 0 Å². The number of carbonyl (C=O) groups excluding carboxylic acids is 1. The fraction of sp³-hybridized carbons (Fsp3) is 0.300. The van der Waals surface area contributed by atoms with Gasteiger partial charge >= 0.3 is 0 Å². The van der Waals surface area contributed by atoms with E-state index < -0.39 is 10.0 Å². The lowest BCUT2D eigenvalue weighted by atomic mass is 9.98. The van der Waals surface area contributed by atoms with E-state index in [1.54, 1.807) is 6.07 Å². The molecule has 1 N–H and O–H groups in total. The van der Waals surface area contributed by atoms with Crippen LogP contribution in [0.2, 0.25) is 0 Å². The number of carbonyl (C=O) groups is 1. The van der Waals surface area contributed by atoms with Gasteiger partial charge in [0, 0.05) is 23.9 Å². The first-order valence-electron chi connectivity index (χ1n) is 4.79. The van der Waals surface area contributed by atoms with Crippen LogP contribution in [0, 0.1) is 0 Å². The number of nitrogens with one attached hydrogen (secondary N) is 1. The van der Waals surface area contributed by atoms with Crippen LogP contribution in [-0.4, -0.2) is 14.2 Å². The molecular weight excluding hydrogens is 246 g/mol. The lowest BCUT2D eigenvalue weighted by Crippen LogP contribution is -2.15. The summed E-state index contributed by atoms with van der Waals surface area (Å²) in [6, 6.07) is 1.59. The van der Waals surface area contributed by atoms with Gasteiger partial charge in [-0.2, -0.15) is 0 Å². The molecule has 1 aromatic rings. The van der Waals surface area contributed by atoms with Crippen molar-refractivity contribution in [1.82, 2.24) is 4.72 Å². The Bertz CT molecular complexity index is 542. The molecule has 0 saturated carbocycles. The van der Waals surface area contributed by atoms with Gasteiger partial charge in [-0.15, -0.1) is 11.3 Å². The topological polar surface area (TPSA) is 63.2 Å². The van der Waals surface area contributed by atoms with Crippen molar-refractivity contribution in [2.45, 2.75) is 23.5 Å². The van der Waals surface area contributed by atoms with Crippen LogP contribution in [0.15, 0.2) is 23.1 Å². The number of thiophene rings is 1. The van der Waals surface area contributed by atoms with Gasteiger partial charge in [0.25, 0.3) is 10.0 Å². The average Bonchev–Trinajstić information content (AvgIpc) is 2.61. The molecule has 86 valence electrons. The van der Waals surface area contributed by atoms with Gasteiger partial charge in [-0.25, -0.2) is 8.42 Å². The first-order valence-corrected chi connectivity index (χ1v) is 7.09. The lowest BCUT2D eigenvalue weighted by molar-refractivity contribution is -0.118. The molecule has 0 radical (unpaired) electrons. The normalized spacial score (nSPS) is 15.6. The van der Waals surface area contributed by atoms with E-state index in [2.05, 4.69) is 11.3 Å². The van der Waals surface area contributed by atoms with E-state index in [1.165, 1.54) is 11.3 Å². The van der Waals surface area contributed by atoms with Crippen molar-refractivity contribution in [3.63, 3.8) is 0 Å². The van der Waals surface area contributed by atoms with Crippen LogP contribution in [-0.2, 0) is 27.7 Å². The second kappa shape index (κ2) is 4.03. The summed E-state index contributed by atoms with van der Waals surface area (Å²) < 4.78 is 25.8. The number of rotatable bonds is 3. The fourth-order valence-corrected chi connectivity index (χ4v) is 4.08. The molecule has 16 heavy (non-hydrogen) atoms. The quantitative estimate of drug-likeness (QED) is 0.885. The number of ketones is 1. The van der Waals surface area contributed by atoms with Crippen molar-refractivity contribution in [2.24, 2.45) is 0 Å². The maximum Gasteiger partial charge on any atom is 0.270 e. The SMILES string of the molecule is C=CNS(=O)(=O)c1cc2c(s1)CCC(=O)C2. The minimum Gasteiger partial charge on any atom is -0.299 e. The number of aryl methyl sites for hydroxylation is 1. The first-order chi connectivity index (χ1) is 7.53. The highest BCUT2D eigenvalue weighted by Gasteiger charge is 2.23. The highest BCUT2D eigenvalue weighted by molar-refractivity contribution is 7.91. The van der Waals surface area contributed by atoms with Crippen LogP contribution in [0.3, 0.4) is 0 Å². The monoisotopic (exact) mass is 257 g/mol. The molecule has 0 aliphatic heterocycles. The highest BCUT2D eigenvalue weighted by atomic mass is 32.2. The smallest absolute Gasteiger partial charge is 0.270 e. The zero-order valence-electron chi connectivity index (χ0n) is 8.52. The molecule has 0 aromatic carbocycles. The molecule has 2 rings (SSSR count). The molecule has 1 aliphatic rings. The number of hydrogen-bond acceptors (Lipinski definition) is 4. The van der Waals surface area contributed by atoms with Crippen LogP contribution in [0.25, 0.3) is 0 Å². The van der Waals surface area contributed by atoms with Crippen LogP contribution >= 0.6 is 11.3 Å². The van der Waals surface area contributed by atoms with Gasteiger partial charge in [-0.3, -0.25) is 9.52 Å². The van der Waals surface area contributed by atoms with E-state index in [0.29, 0.717) is 19.3 Å². The Morgan fingerprint density at radius 2 is 2.19 bits per heavy atom. The van der Waals surface area contributed by atoms with E-state index in [9.17, 15) is 13.2 Å². The van der Waals surface area contributed by atoms with E-state index in [1.807, 2.05) is 0 Å². The second-order valence-electron chi connectivity index (χ2n) is 3.55. The van der Waals surface area contributed by atoms with E-state index >= 15 is 0 Å². The van der Waals surface area contributed by atoms with Crippen molar-refractivity contribution >= 4 is 27.1 Å². The Hall–Kier alpha value is -1.14. The predicted molar refractivity (Wildman–Crippen MR) is 61.9 cm³/mol. The van der Waals surface area contributed by atoms with Crippen molar-refractivity contribution in [3.05, 3.63) is 29.3 Å². The molecule has 0 spiro atoms. The number of Topliss-reactive ketones (excluding diaryl/α,β-unsaturated/α-hetero) is 1. The zero-order chi connectivity index (χ0) is 11.8. The molecular formula is C10H11NO3S2. The minimum absolute atomic E-state index is 0.172. The molecule has 0 fully saturated rings. The molecule has 0 bridgehead atoms. The maximum atomic E-state index is 11.7. The van der Waals surface area contributed by atoms with Crippen LogP contribution in [0.1, 0.15) is 16.9 Å². The summed E-state index contributed by atoms with van der Waals surface area (Å²) >= 11 is 1.23. The lowest BCUT2D eigenvalue weighted by Gasteiger charge is -2.07. The standard InChI is InChI=1S/C10H11NO3S2/c1-2-11-16(13,14)10-6-7-5-8(12)3-4-9(7)15-10/h2,6,11H,1,3-5H2. The Morgan fingerprint density at radius 1 is 1.44 bits per heavy atom. The van der Waals surface area contributed by atoms with Gasteiger partial charge in [-0.05, 0) is 18.1 Å². The molecule has 1 heterocycles. The van der Waals surface area contributed by atoms with Crippen LogP contribution in [0.5, 0.6) is 0 Å². The first kappa shape index (κ1) is 11.3. The van der Waals surface area contributed by atoms with Gasteiger partial charge in [0.15, 0.2) is 0 Å². The second-order valence-corrected chi connectivity index (χ2v) is 6.63. The Labute approximate surface area is 98.0 Å². The summed E-state index contributed by atoms with van der Waals surface area (Å²) in [5.41, 5.74) is 0.852. The third kappa shape index (κ3) is 2.03. The van der Waals surface area contributed by atoms with Gasteiger partial charge in [0.05, 0.1) is 0 Å². The van der Waals surface area contributed by atoms with Crippen molar-refractivity contribution in [1.29, 1.82) is 0 Å². The summed E-state index contributed by atoms with van der Waals surface area (Å²) in [4.78, 5) is 12.2. The fourth-order valence-electron chi connectivity index (χ4n) is 1.65. The third-order valence-corrected chi connectivity index (χ3v) is 5.46. The number of hydrogen-bond donors (Lipinski definition) is 1. The predicted octanol–water partition coefficient (Wildman–Crippen LogP) is 1.23. The van der Waals surface area contributed by atoms with Gasteiger partial charge < -0.3 is 0 Å². The summed E-state index contributed by atoms with van der Waals surface area (Å²) in [6.45, 7) is 3.33. The molecule has 0 atom stereocenters. The van der Waals surface area contributed by atoms with E-state index in [0.717, 1.165) is 16.6 Å². The van der Waals surface area contributed by atoms with Crippen LogP contribution in [0.4, 0.5) is 0 Å². The third-order valence-electron chi connectivity index (χ3n) is 2.40. The Balaban J connectivity index is 2.39. The number of fused-ring (bicyclic) bond motifs is 1. The van der Waals surface area contributed by atoms with Crippen molar-refractivity contribution < 1.29 is 13.2 Å². The van der Waals surface area contributed by atoms with Crippen molar-refractivity contribution in [2.75, 3.05) is 0 Å². The Kier molecular flexibility index (Phi) is 2.86. The maximum absolute atomic E-state index is 11.7. The molecule has 0 amide bonds. The Morgan fingerprint density at radius 3 is 2.88 bits per heavy atom. The molecule has 6 heteroatoms. The summed E-state index contributed by atoms with van der Waals surface area (Å²) in [7, 11) is -3.48. The highest BCUT2D eigenvalue weighted by Crippen LogP contribution is 2.31. The molecule has 1 aromatic heterocycles. The summed E-state index contributed by atoms with van der Waals surface area (Å²) in [6.07, 6.45) is 2.67. The minimum atomic E-state index is -3.48. The average molecular weight is 257 g/mol. The van der Waals surface area contributed by atoms with Gasteiger partial charge in [0.1, 0.15) is 9.99 Å². The number of sulfonamides is 1. The summed E-state index contributed by atoms with van der Waals surface area (Å²) in [5, 5.41) is 0. The molecule has 4 nitrogen and oxygen atoms in total. The van der Waals surface area contributed by atoms with Gasteiger partial charge in [-0.1, -0.05) is 6.58 Å².